The fourth-order valence-electron chi connectivity index (χ4n) is 1.86. The molecule has 2 aromatic rings. The number of carbonyl (C=O) groups excluding carboxylic acids is 1. The summed E-state index contributed by atoms with van der Waals surface area (Å²) in [6.45, 7) is 0. The third-order valence-corrected chi connectivity index (χ3v) is 2.88. The number of carbonyl (C=O) groups is 1. The minimum absolute atomic E-state index is 0.161. The summed E-state index contributed by atoms with van der Waals surface area (Å²) in [6.07, 6.45) is 1.33. The summed E-state index contributed by atoms with van der Waals surface area (Å²) in [4.78, 5) is 29.1. The van der Waals surface area contributed by atoms with Crippen LogP contribution in [0.1, 0.15) is 21.6 Å². The van der Waals surface area contributed by atoms with Crippen LogP contribution in [0, 0.1) is 0 Å². The summed E-state index contributed by atoms with van der Waals surface area (Å²) < 4.78 is 0. The number of hydrazone groups is 1. The molecule has 0 aliphatic carbocycles. The number of H-pyrrole nitrogens is 1. The molecule has 21 heavy (non-hydrogen) atoms. The first-order valence-electron chi connectivity index (χ1n) is 6.07. The van der Waals surface area contributed by atoms with E-state index in [4.69, 9.17) is 11.7 Å². The lowest BCUT2D eigenvalue weighted by molar-refractivity contribution is 0.0952. The summed E-state index contributed by atoms with van der Waals surface area (Å²) >= 11 is 0. The molecule has 1 amide bonds. The predicted molar refractivity (Wildman–Crippen MR) is 77.4 cm³/mol. The molecule has 2 rings (SSSR count). The van der Waals surface area contributed by atoms with Gasteiger partial charge in [0.25, 0.3) is 5.91 Å². The molecule has 0 spiro atoms. The number of nitrogens with one attached hydrogen (secondary N) is 2. The minimum Gasteiger partial charge on any atom is -0.323 e. The Hall–Kier alpha value is -3.00. The highest BCUT2D eigenvalue weighted by Gasteiger charge is 2.15. The van der Waals surface area contributed by atoms with Crippen LogP contribution in [-0.4, -0.2) is 21.6 Å². The van der Waals surface area contributed by atoms with Crippen molar-refractivity contribution < 1.29 is 4.79 Å². The van der Waals surface area contributed by atoms with E-state index in [1.807, 2.05) is 35.8 Å². The number of aromatic nitrogens is 2. The maximum atomic E-state index is 11.7. The van der Waals surface area contributed by atoms with E-state index in [2.05, 4.69) is 15.1 Å². The summed E-state index contributed by atoms with van der Waals surface area (Å²) in [5.41, 5.74) is 3.24. The average Bonchev–Trinajstić information content (AvgIpc) is 2.53. The lowest BCUT2D eigenvalue weighted by Crippen LogP contribution is -2.33. The number of rotatable bonds is 4. The van der Waals surface area contributed by atoms with Gasteiger partial charge in [0.2, 0.25) is 0 Å². The standard InChI is InChI=1S/C13H14N6O2/c14-18-10(8-4-2-1-3-5-8)6-11-9(12(20)19-15)7-16-13(21)17-11/h1-5,7H,6,14-15H2,(H,19,20)(H,16,17,21)/b18-10-. The van der Waals surface area contributed by atoms with Crippen LogP contribution in [0.15, 0.2) is 46.4 Å². The molecule has 8 nitrogen and oxygen atoms in total. The van der Waals surface area contributed by atoms with E-state index < -0.39 is 11.6 Å². The molecule has 108 valence electrons. The van der Waals surface area contributed by atoms with Crippen molar-refractivity contribution in [2.24, 2.45) is 16.8 Å². The molecule has 6 N–H and O–H groups in total. The summed E-state index contributed by atoms with van der Waals surface area (Å²) in [7, 11) is 0. The number of hydrogen-bond donors (Lipinski definition) is 4. The zero-order valence-corrected chi connectivity index (χ0v) is 11.0. The number of hydrazine groups is 1. The zero-order chi connectivity index (χ0) is 15.2. The Morgan fingerprint density at radius 2 is 2.05 bits per heavy atom. The van der Waals surface area contributed by atoms with Gasteiger partial charge in [-0.2, -0.15) is 5.10 Å². The molecule has 0 unspecified atom stereocenters. The molecule has 1 aromatic carbocycles. The maximum Gasteiger partial charge on any atom is 0.345 e. The van der Waals surface area contributed by atoms with Crippen LogP contribution in [0.4, 0.5) is 0 Å². The van der Waals surface area contributed by atoms with Crippen LogP contribution in [0.5, 0.6) is 0 Å². The normalized spacial score (nSPS) is 11.2. The number of hydrogen-bond acceptors (Lipinski definition) is 6. The average molecular weight is 286 g/mol. The molecule has 0 saturated carbocycles. The number of benzene rings is 1. The van der Waals surface area contributed by atoms with Crippen molar-refractivity contribution in [1.82, 2.24) is 15.4 Å². The van der Waals surface area contributed by atoms with E-state index in [0.717, 1.165) is 11.8 Å². The number of nitrogen functional groups attached to an aromatic ring is 1. The second-order valence-corrected chi connectivity index (χ2v) is 4.17. The quantitative estimate of drug-likeness (QED) is 0.254. The Bertz CT molecular complexity index is 723. The van der Waals surface area contributed by atoms with Gasteiger partial charge in [-0.1, -0.05) is 30.3 Å². The van der Waals surface area contributed by atoms with Crippen LogP contribution in [-0.2, 0) is 6.42 Å². The summed E-state index contributed by atoms with van der Waals surface area (Å²) in [5.74, 6) is 9.96. The smallest absolute Gasteiger partial charge is 0.323 e. The van der Waals surface area contributed by atoms with E-state index in [1.54, 1.807) is 0 Å². The Balaban J connectivity index is 2.40. The summed E-state index contributed by atoms with van der Waals surface area (Å²) in [6, 6.07) is 9.19. The van der Waals surface area contributed by atoms with Gasteiger partial charge in [-0.25, -0.2) is 15.6 Å². The van der Waals surface area contributed by atoms with Crippen molar-refractivity contribution in [3.05, 3.63) is 63.8 Å². The minimum atomic E-state index is -0.567. The first-order chi connectivity index (χ1) is 10.2. The first kappa shape index (κ1) is 14.4. The second kappa shape index (κ2) is 6.44. The van der Waals surface area contributed by atoms with Gasteiger partial charge in [0.05, 0.1) is 11.3 Å². The summed E-state index contributed by atoms with van der Waals surface area (Å²) in [5, 5.41) is 3.72. The number of nitrogens with two attached hydrogens (primary N) is 2. The zero-order valence-electron chi connectivity index (χ0n) is 11.0. The highest BCUT2D eigenvalue weighted by molar-refractivity contribution is 6.03. The molecule has 0 aliphatic heterocycles. The van der Waals surface area contributed by atoms with Crippen LogP contribution < -0.4 is 22.8 Å². The number of amides is 1. The van der Waals surface area contributed by atoms with Gasteiger partial charge in [0.1, 0.15) is 0 Å². The highest BCUT2D eigenvalue weighted by Crippen LogP contribution is 2.09. The SMILES string of the molecule is N/N=C(/Cc1[nH]c(=O)ncc1C(=O)NN)c1ccccc1. The van der Waals surface area contributed by atoms with Gasteiger partial charge >= 0.3 is 5.69 Å². The predicted octanol–water partition coefficient (Wildman–Crippen LogP) is -0.721. The van der Waals surface area contributed by atoms with Crippen molar-refractivity contribution >= 4 is 11.6 Å². The topological polar surface area (TPSA) is 139 Å². The molecule has 0 radical (unpaired) electrons. The van der Waals surface area contributed by atoms with Gasteiger partial charge in [-0.15, -0.1) is 0 Å². The van der Waals surface area contributed by atoms with Crippen molar-refractivity contribution in [2.45, 2.75) is 6.42 Å². The van der Waals surface area contributed by atoms with E-state index >= 15 is 0 Å². The molecule has 0 atom stereocenters. The molecule has 0 bridgehead atoms. The lowest BCUT2D eigenvalue weighted by Gasteiger charge is -2.09. The molecule has 1 aromatic heterocycles. The second-order valence-electron chi connectivity index (χ2n) is 4.17. The third-order valence-electron chi connectivity index (χ3n) is 2.88. The fourth-order valence-corrected chi connectivity index (χ4v) is 1.86. The van der Waals surface area contributed by atoms with Crippen LogP contribution >= 0.6 is 0 Å². The van der Waals surface area contributed by atoms with Crippen molar-refractivity contribution in [2.75, 3.05) is 0 Å². The Morgan fingerprint density at radius 3 is 2.67 bits per heavy atom. The Labute approximate surface area is 119 Å². The first-order valence-corrected chi connectivity index (χ1v) is 6.07. The van der Waals surface area contributed by atoms with Crippen molar-refractivity contribution in [1.29, 1.82) is 0 Å². The Kier molecular flexibility index (Phi) is 4.42. The number of aromatic amines is 1. The fraction of sp³-hybridized carbons (Fsp3) is 0.0769. The van der Waals surface area contributed by atoms with Gasteiger partial charge in [-0.3, -0.25) is 10.2 Å². The van der Waals surface area contributed by atoms with E-state index in [1.165, 1.54) is 0 Å². The van der Waals surface area contributed by atoms with Gasteiger partial charge in [-0.05, 0) is 5.56 Å². The van der Waals surface area contributed by atoms with Crippen molar-refractivity contribution in [3.8, 4) is 0 Å². The van der Waals surface area contributed by atoms with Crippen molar-refractivity contribution in [3.63, 3.8) is 0 Å². The third kappa shape index (κ3) is 3.31. The van der Waals surface area contributed by atoms with Crippen LogP contribution in [0.2, 0.25) is 0 Å². The molecule has 0 fully saturated rings. The monoisotopic (exact) mass is 286 g/mol. The van der Waals surface area contributed by atoms with Gasteiger partial charge in [0.15, 0.2) is 0 Å². The highest BCUT2D eigenvalue weighted by atomic mass is 16.2. The lowest BCUT2D eigenvalue weighted by atomic mass is 10.0. The molecular weight excluding hydrogens is 272 g/mol. The van der Waals surface area contributed by atoms with Crippen LogP contribution in [0.3, 0.4) is 0 Å². The molecule has 1 heterocycles. The van der Waals surface area contributed by atoms with Gasteiger partial charge < -0.3 is 10.8 Å². The van der Waals surface area contributed by atoms with Gasteiger partial charge in [0, 0.05) is 18.3 Å². The Morgan fingerprint density at radius 1 is 1.33 bits per heavy atom. The molecule has 0 aliphatic rings. The van der Waals surface area contributed by atoms with E-state index in [-0.39, 0.29) is 12.0 Å². The molecular formula is C13H14N6O2. The largest absolute Gasteiger partial charge is 0.345 e. The van der Waals surface area contributed by atoms with Crippen LogP contribution in [0.25, 0.3) is 0 Å². The van der Waals surface area contributed by atoms with E-state index in [9.17, 15) is 9.59 Å². The molecule has 0 saturated heterocycles. The number of nitrogens with zero attached hydrogens (tertiary/aromatic N) is 2. The molecule has 8 heteroatoms. The maximum absolute atomic E-state index is 11.7. The van der Waals surface area contributed by atoms with E-state index in [0.29, 0.717) is 11.4 Å².